The van der Waals surface area contributed by atoms with Crippen LogP contribution in [0.2, 0.25) is 0 Å². The number of unbranched alkanes of at least 4 members (excludes halogenated alkanes) is 14. The molecule has 316 valence electrons. The largest absolute Gasteiger partial charge is 0.472 e. The van der Waals surface area contributed by atoms with E-state index in [1.54, 1.807) is 0 Å². The lowest BCUT2D eigenvalue weighted by atomic mass is 10.1. The fraction of sp³-hybridized carbons (Fsp3) is 0.689. The Balaban J connectivity index is 4.23. The zero-order chi connectivity index (χ0) is 40.3. The second kappa shape index (κ2) is 41.1. The summed E-state index contributed by atoms with van der Waals surface area (Å²) in [6, 6.07) is 0. The van der Waals surface area contributed by atoms with Gasteiger partial charge in [0.25, 0.3) is 0 Å². The number of allylic oxidation sites excluding steroid dienone is 12. The minimum atomic E-state index is -4.39. The van der Waals surface area contributed by atoms with Crippen LogP contribution in [0.4, 0.5) is 0 Å². The molecule has 9 nitrogen and oxygen atoms in total. The van der Waals surface area contributed by atoms with Crippen LogP contribution in [0.25, 0.3) is 0 Å². The van der Waals surface area contributed by atoms with Crippen LogP contribution in [0.3, 0.4) is 0 Å². The number of nitrogens with two attached hydrogens (primary N) is 1. The maximum Gasteiger partial charge on any atom is 0.472 e. The van der Waals surface area contributed by atoms with Crippen LogP contribution in [0, 0.1) is 0 Å². The van der Waals surface area contributed by atoms with Gasteiger partial charge in [-0.2, -0.15) is 0 Å². The molecule has 0 aromatic heterocycles. The predicted molar refractivity (Wildman–Crippen MR) is 229 cm³/mol. The summed E-state index contributed by atoms with van der Waals surface area (Å²) in [5.41, 5.74) is 5.34. The topological polar surface area (TPSA) is 134 Å². The van der Waals surface area contributed by atoms with Crippen LogP contribution in [-0.4, -0.2) is 49.3 Å². The van der Waals surface area contributed by atoms with Crippen molar-refractivity contribution in [2.75, 3.05) is 26.4 Å². The van der Waals surface area contributed by atoms with E-state index in [1.807, 2.05) is 0 Å². The fourth-order valence-corrected chi connectivity index (χ4v) is 6.18. The van der Waals surface area contributed by atoms with Gasteiger partial charge in [-0.05, 0) is 83.5 Å². The normalized spacial score (nSPS) is 14.0. The van der Waals surface area contributed by atoms with Crippen molar-refractivity contribution in [3.8, 4) is 0 Å². The maximum atomic E-state index is 12.6. The number of carbonyl (C=O) groups excluding carboxylic acids is 2. The smallest absolute Gasteiger partial charge is 0.462 e. The summed E-state index contributed by atoms with van der Waals surface area (Å²) in [6.45, 7) is 3.53. The molecule has 0 heterocycles. The van der Waals surface area contributed by atoms with E-state index in [0.29, 0.717) is 12.8 Å². The molecular formula is C45H78NO8P. The van der Waals surface area contributed by atoms with Gasteiger partial charge in [-0.1, -0.05) is 145 Å². The third-order valence-corrected chi connectivity index (χ3v) is 9.56. The second-order valence-corrected chi connectivity index (χ2v) is 15.3. The molecular weight excluding hydrogens is 713 g/mol. The molecule has 0 rings (SSSR count). The molecule has 0 amide bonds. The maximum absolute atomic E-state index is 12.6. The van der Waals surface area contributed by atoms with Crippen molar-refractivity contribution >= 4 is 19.8 Å². The monoisotopic (exact) mass is 792 g/mol. The third-order valence-electron chi connectivity index (χ3n) is 8.58. The first-order valence-corrected chi connectivity index (χ1v) is 22.9. The van der Waals surface area contributed by atoms with Gasteiger partial charge in [-0.25, -0.2) is 4.57 Å². The van der Waals surface area contributed by atoms with E-state index in [0.717, 1.165) is 70.6 Å². The van der Waals surface area contributed by atoms with Gasteiger partial charge in [-0.15, -0.1) is 0 Å². The predicted octanol–water partition coefficient (Wildman–Crippen LogP) is 12.3. The van der Waals surface area contributed by atoms with Gasteiger partial charge in [0, 0.05) is 19.4 Å². The summed E-state index contributed by atoms with van der Waals surface area (Å²) in [6.07, 6.45) is 49.3. The standard InChI is InChI=1S/C45H78NO8P/c1-3-5-7-9-11-13-15-17-19-20-21-22-24-26-28-30-32-34-36-38-45(48)54-43(42-53-55(49,50)52-40-39-46)41-51-44(47)37-35-33-31-29-27-25-23-18-16-14-12-10-8-6-4-2/h6,8,11-14,17-19,23,27,29,43H,3-5,7,9-10,15-16,20-22,24-26,28,30-42,46H2,1-2H3,(H,49,50). The van der Waals surface area contributed by atoms with Gasteiger partial charge >= 0.3 is 19.8 Å². The molecule has 0 aliphatic heterocycles. The molecule has 10 heteroatoms. The van der Waals surface area contributed by atoms with Crippen LogP contribution >= 0.6 is 7.82 Å². The van der Waals surface area contributed by atoms with Crippen molar-refractivity contribution in [3.63, 3.8) is 0 Å². The van der Waals surface area contributed by atoms with Crippen LogP contribution in [0.15, 0.2) is 72.9 Å². The first-order chi connectivity index (χ1) is 26.8. The summed E-state index contributed by atoms with van der Waals surface area (Å²) < 4.78 is 32.7. The molecule has 55 heavy (non-hydrogen) atoms. The van der Waals surface area contributed by atoms with Gasteiger partial charge < -0.3 is 20.1 Å². The molecule has 0 aromatic rings. The number of phosphoric acid groups is 1. The lowest BCUT2D eigenvalue weighted by Gasteiger charge is -2.19. The zero-order valence-corrected chi connectivity index (χ0v) is 35.5. The number of hydrogen-bond donors (Lipinski definition) is 2. The minimum absolute atomic E-state index is 0.0434. The summed E-state index contributed by atoms with van der Waals surface area (Å²) in [7, 11) is -4.39. The first kappa shape index (κ1) is 52.5. The van der Waals surface area contributed by atoms with E-state index >= 15 is 0 Å². The van der Waals surface area contributed by atoms with E-state index in [2.05, 4.69) is 86.8 Å². The highest BCUT2D eigenvalue weighted by molar-refractivity contribution is 7.47. The quantitative estimate of drug-likeness (QED) is 0.0270. The summed E-state index contributed by atoms with van der Waals surface area (Å²) in [5, 5.41) is 0. The number of ether oxygens (including phenoxy) is 2. The Morgan fingerprint density at radius 2 is 1.00 bits per heavy atom. The Kier molecular flexibility index (Phi) is 39.2. The molecule has 0 spiro atoms. The lowest BCUT2D eigenvalue weighted by Crippen LogP contribution is -2.29. The molecule has 0 radical (unpaired) electrons. The molecule has 0 aromatic carbocycles. The number of phosphoric ester groups is 1. The van der Waals surface area contributed by atoms with E-state index in [9.17, 15) is 19.0 Å². The van der Waals surface area contributed by atoms with Crippen molar-refractivity contribution in [1.82, 2.24) is 0 Å². The highest BCUT2D eigenvalue weighted by Crippen LogP contribution is 2.43. The van der Waals surface area contributed by atoms with Crippen molar-refractivity contribution in [1.29, 1.82) is 0 Å². The summed E-state index contributed by atoms with van der Waals surface area (Å²) in [4.78, 5) is 34.8. The van der Waals surface area contributed by atoms with E-state index in [-0.39, 0.29) is 32.6 Å². The highest BCUT2D eigenvalue weighted by Gasteiger charge is 2.25. The van der Waals surface area contributed by atoms with Crippen molar-refractivity contribution < 1.29 is 37.6 Å². The number of rotatable bonds is 39. The highest BCUT2D eigenvalue weighted by atomic mass is 31.2. The summed E-state index contributed by atoms with van der Waals surface area (Å²) >= 11 is 0. The number of carbonyl (C=O) groups is 2. The lowest BCUT2D eigenvalue weighted by molar-refractivity contribution is -0.161. The van der Waals surface area contributed by atoms with Gasteiger partial charge in [0.15, 0.2) is 6.10 Å². The van der Waals surface area contributed by atoms with Gasteiger partial charge in [0.1, 0.15) is 6.61 Å². The van der Waals surface area contributed by atoms with Crippen LogP contribution < -0.4 is 5.73 Å². The third kappa shape index (κ3) is 40.9. The van der Waals surface area contributed by atoms with Gasteiger partial charge in [0.2, 0.25) is 0 Å². The Labute approximate surface area is 335 Å². The van der Waals surface area contributed by atoms with E-state index < -0.39 is 32.5 Å². The Hall–Kier alpha value is -2.55. The first-order valence-electron chi connectivity index (χ1n) is 21.4. The average Bonchev–Trinajstić information content (AvgIpc) is 3.17. The average molecular weight is 792 g/mol. The van der Waals surface area contributed by atoms with E-state index in [1.165, 1.54) is 57.8 Å². The van der Waals surface area contributed by atoms with Crippen molar-refractivity contribution in [2.24, 2.45) is 5.73 Å². The molecule has 0 saturated carbocycles. The van der Waals surface area contributed by atoms with Gasteiger partial charge in [0.05, 0.1) is 13.2 Å². The molecule has 2 atom stereocenters. The van der Waals surface area contributed by atoms with Crippen LogP contribution in [0.1, 0.15) is 168 Å². The minimum Gasteiger partial charge on any atom is -0.462 e. The molecule has 3 N–H and O–H groups in total. The van der Waals surface area contributed by atoms with Gasteiger partial charge in [-0.3, -0.25) is 18.6 Å². The molecule has 0 aliphatic carbocycles. The fourth-order valence-electron chi connectivity index (χ4n) is 5.42. The molecule has 0 aliphatic rings. The Morgan fingerprint density at radius 1 is 0.564 bits per heavy atom. The zero-order valence-electron chi connectivity index (χ0n) is 34.6. The number of esters is 2. The molecule has 0 fully saturated rings. The van der Waals surface area contributed by atoms with Crippen LogP contribution in [-0.2, 0) is 32.7 Å². The van der Waals surface area contributed by atoms with Crippen LogP contribution in [0.5, 0.6) is 0 Å². The Morgan fingerprint density at radius 3 is 1.53 bits per heavy atom. The van der Waals surface area contributed by atoms with E-state index in [4.69, 9.17) is 24.3 Å². The molecule has 0 saturated heterocycles. The van der Waals surface area contributed by atoms with Crippen molar-refractivity contribution in [3.05, 3.63) is 72.9 Å². The SMILES string of the molecule is CCC=CCC=CCC=CCC=CCCCCC(=O)OCC(COP(=O)(O)OCCN)OC(=O)CCCCCCCCCCCC=CCC=CCCCCC. The Bertz CT molecular complexity index is 1130. The summed E-state index contributed by atoms with van der Waals surface area (Å²) in [5.74, 6) is -0.888. The molecule has 2 unspecified atom stereocenters. The number of hydrogen-bond acceptors (Lipinski definition) is 8. The molecule has 0 bridgehead atoms. The van der Waals surface area contributed by atoms with Crippen molar-refractivity contribution in [2.45, 2.75) is 174 Å². The second-order valence-electron chi connectivity index (χ2n) is 13.8.